The fraction of sp³-hybridized carbons (Fsp3) is 0.333. The Morgan fingerprint density at radius 2 is 1.69 bits per heavy atom. The Morgan fingerprint density at radius 3 is 2.42 bits per heavy atom. The largest absolute Gasteiger partial charge is 0.484 e. The van der Waals surface area contributed by atoms with Crippen LogP contribution in [0.5, 0.6) is 5.75 Å². The third kappa shape index (κ3) is 11.3. The monoisotopic (exact) mass is 1090 g/mol. The van der Waals surface area contributed by atoms with Crippen LogP contribution in [0.25, 0.3) is 10.1 Å². The molecule has 0 radical (unpaired) electrons. The number of nitrogens with zero attached hydrogens (tertiary/aromatic N) is 3. The van der Waals surface area contributed by atoms with Gasteiger partial charge in [0.15, 0.2) is 6.61 Å². The van der Waals surface area contributed by atoms with Gasteiger partial charge in [-0.1, -0.05) is 75.1 Å². The normalized spacial score (nSPS) is 19.2. The number of hydrogen-bond donors (Lipinski definition) is 5. The molecule has 4 aliphatic rings. The lowest BCUT2D eigenvalue weighted by Gasteiger charge is -2.43. The third-order valence-electron chi connectivity index (χ3n) is 13.7. The number of nitrogens with one attached hydrogen (secondary N) is 3. The van der Waals surface area contributed by atoms with Crippen LogP contribution in [-0.4, -0.2) is 123 Å². The molecule has 1 aromatic heterocycles. The Balaban J connectivity index is 0.893. The molecule has 0 spiro atoms. The number of imide groups is 2. The summed E-state index contributed by atoms with van der Waals surface area (Å²) in [6.07, 6.45) is -0.337. The highest BCUT2D eigenvalue weighted by Gasteiger charge is 2.51. The molecule has 23 heteroatoms. The Kier molecular flexibility index (Phi) is 15.0. The predicted octanol–water partition coefficient (Wildman–Crippen LogP) is 4.77. The zero-order chi connectivity index (χ0) is 55.1. The average Bonchev–Trinajstić information content (AvgIpc) is 4.00. The van der Waals surface area contributed by atoms with E-state index in [0.717, 1.165) is 39.5 Å². The summed E-state index contributed by atoms with van der Waals surface area (Å²) in [6, 6.07) is 19.8. The van der Waals surface area contributed by atoms with Gasteiger partial charge in [0.05, 0.1) is 35.7 Å². The molecular formula is C54H51F2N6O13PS. The van der Waals surface area contributed by atoms with Gasteiger partial charge < -0.3 is 39.7 Å². The molecule has 5 N–H and O–H groups in total. The number of hydrogen-bond acceptors (Lipinski definition) is 12. The van der Waals surface area contributed by atoms with Gasteiger partial charge in [0, 0.05) is 41.8 Å². The van der Waals surface area contributed by atoms with Gasteiger partial charge in [-0.15, -0.1) is 11.3 Å². The minimum absolute atomic E-state index is 0.0138. The maximum atomic E-state index is 15.1. The van der Waals surface area contributed by atoms with Crippen molar-refractivity contribution in [1.82, 2.24) is 30.7 Å². The number of ether oxygens (including phenoxy) is 2. The molecule has 4 aromatic carbocycles. The lowest BCUT2D eigenvalue weighted by molar-refractivity contribution is -0.153. The third-order valence-corrected chi connectivity index (χ3v) is 15.8. The van der Waals surface area contributed by atoms with Gasteiger partial charge in [-0.2, -0.15) is 8.78 Å². The second-order valence-corrected chi connectivity index (χ2v) is 22.7. The van der Waals surface area contributed by atoms with E-state index in [4.69, 9.17) is 9.47 Å². The Labute approximate surface area is 443 Å². The van der Waals surface area contributed by atoms with Crippen molar-refractivity contribution in [1.29, 1.82) is 0 Å². The number of rotatable bonds is 12. The Bertz CT molecular complexity index is 3380. The van der Waals surface area contributed by atoms with Crippen molar-refractivity contribution in [2.45, 2.75) is 76.5 Å². The number of halogens is 2. The van der Waals surface area contributed by atoms with Crippen molar-refractivity contribution in [3.8, 4) is 17.6 Å². The highest BCUT2D eigenvalue weighted by Crippen LogP contribution is 2.59. The van der Waals surface area contributed by atoms with Crippen molar-refractivity contribution in [2.75, 3.05) is 32.8 Å². The SMILES string of the molecule is CC(C)(C)[C@H](NC(=O)c1cc2cc(C(F)(F)P(=O)(O)O)ccc2s1)C(=O)N1Cc2cc(OCC(=O)NCC#Cc3ccc4c(c3)C(=O)N(C3CCC(=O)NC3=O)C4=O)ccc2C[C@H]1C(=O)N1CCO[C@H](c2ccccc2)C1. The molecule has 19 nitrogen and oxygen atoms in total. The molecule has 0 aliphatic carbocycles. The maximum Gasteiger partial charge on any atom is 0.399 e. The number of thiophene rings is 1. The molecule has 5 heterocycles. The molecule has 5 aromatic rings. The molecule has 2 fully saturated rings. The maximum absolute atomic E-state index is 15.1. The fourth-order valence-corrected chi connectivity index (χ4v) is 11.0. The van der Waals surface area contributed by atoms with Crippen LogP contribution in [0.1, 0.15) is 97.9 Å². The number of piperidine rings is 1. The summed E-state index contributed by atoms with van der Waals surface area (Å²) >= 11 is 0.931. The first-order valence-corrected chi connectivity index (χ1v) is 26.8. The van der Waals surface area contributed by atoms with E-state index in [1.54, 1.807) is 43.9 Å². The topological polar surface area (TPSA) is 258 Å². The number of benzene rings is 4. The molecule has 4 atom stereocenters. The first-order chi connectivity index (χ1) is 36.5. The van der Waals surface area contributed by atoms with Gasteiger partial charge >= 0.3 is 13.3 Å². The second kappa shape index (κ2) is 21.4. The second-order valence-electron chi connectivity index (χ2n) is 20.0. The van der Waals surface area contributed by atoms with Gasteiger partial charge in [-0.25, -0.2) is 0 Å². The molecule has 8 amide bonds. The van der Waals surface area contributed by atoms with E-state index < -0.39 is 96.4 Å². The molecule has 2 saturated heterocycles. The van der Waals surface area contributed by atoms with Crippen LogP contribution in [0, 0.1) is 17.3 Å². The van der Waals surface area contributed by atoms with E-state index in [-0.39, 0.29) is 85.1 Å². The fourth-order valence-electron chi connectivity index (χ4n) is 9.60. The van der Waals surface area contributed by atoms with Crippen LogP contribution in [0.3, 0.4) is 0 Å². The number of carbonyl (C=O) groups is 8. The summed E-state index contributed by atoms with van der Waals surface area (Å²) < 4.78 is 53.2. The van der Waals surface area contributed by atoms with Crippen molar-refractivity contribution >= 4 is 76.3 Å². The number of morpholine rings is 1. The van der Waals surface area contributed by atoms with E-state index in [1.807, 2.05) is 30.3 Å². The minimum atomic E-state index is -5.87. The number of alkyl halides is 2. The summed E-state index contributed by atoms with van der Waals surface area (Å²) in [6.45, 7) is 5.27. The molecule has 1 unspecified atom stereocenters. The highest BCUT2D eigenvalue weighted by atomic mass is 32.1. The highest BCUT2D eigenvalue weighted by molar-refractivity contribution is 7.52. The lowest BCUT2D eigenvalue weighted by atomic mass is 9.84. The van der Waals surface area contributed by atoms with Crippen molar-refractivity contribution < 1.29 is 71.0 Å². The summed E-state index contributed by atoms with van der Waals surface area (Å²) in [5.41, 5.74) is -3.62. The zero-order valence-corrected chi connectivity index (χ0v) is 43.4. The van der Waals surface area contributed by atoms with E-state index in [9.17, 15) is 56.7 Å². The Morgan fingerprint density at radius 1 is 0.935 bits per heavy atom. The van der Waals surface area contributed by atoms with Crippen LogP contribution in [0.4, 0.5) is 8.78 Å². The van der Waals surface area contributed by atoms with Crippen LogP contribution < -0.4 is 20.7 Å². The molecular weight excluding hydrogens is 1040 g/mol. The first kappa shape index (κ1) is 54.1. The zero-order valence-electron chi connectivity index (χ0n) is 41.7. The number of carbonyl (C=O) groups excluding carboxylic acids is 8. The van der Waals surface area contributed by atoms with Crippen LogP contribution in [-0.2, 0) is 51.9 Å². The summed E-state index contributed by atoms with van der Waals surface area (Å²) in [5, 5.41) is 7.75. The molecule has 9 rings (SSSR count). The molecule has 4 aliphatic heterocycles. The van der Waals surface area contributed by atoms with Crippen LogP contribution >= 0.6 is 18.9 Å². The average molecular weight is 1090 g/mol. The van der Waals surface area contributed by atoms with Gasteiger partial charge in [0.2, 0.25) is 23.6 Å². The number of fused-ring (bicyclic) bond motifs is 3. The van der Waals surface area contributed by atoms with Crippen molar-refractivity contribution in [3.05, 3.63) is 135 Å². The van der Waals surface area contributed by atoms with Crippen molar-refractivity contribution in [3.63, 3.8) is 0 Å². The van der Waals surface area contributed by atoms with E-state index in [0.29, 0.717) is 15.8 Å². The molecule has 77 heavy (non-hydrogen) atoms. The van der Waals surface area contributed by atoms with Crippen LogP contribution in [0.15, 0.2) is 91.0 Å². The smallest absolute Gasteiger partial charge is 0.399 e. The Hall–Kier alpha value is -7.67. The molecule has 400 valence electrons. The summed E-state index contributed by atoms with van der Waals surface area (Å²) in [4.78, 5) is 130. The van der Waals surface area contributed by atoms with Gasteiger partial charge in [0.1, 0.15) is 30.0 Å². The molecule has 0 saturated carbocycles. The standard InChI is InChI=1S/C54H51F2N6O13PS/c1-53(2,3)46(59-48(66)43-26-33-23-35(13-17-42(33)77-43)54(55,56)76(71,72)73)52(70)61-27-34-24-36(14-12-32(34)25-40(61)51(69)60-20-21-74-41(28-60)31-9-5-4-6-10-31)75-29-45(64)57-19-7-8-30-11-15-37-38(22-30)50(68)62(49(37)67)39-16-18-44(63)58-47(39)65/h4-6,9-15,17,22-24,26,39-41,46H,16,18-21,25,27-29H2,1-3H3,(H,57,64)(H,59,66)(H,58,63,65)(H2,71,72,73)/t39?,40-,41-,46+/m0/s1. The van der Waals surface area contributed by atoms with Crippen molar-refractivity contribution in [2.24, 2.45) is 5.41 Å². The summed E-state index contributed by atoms with van der Waals surface area (Å²) in [7, 11) is -5.87. The van der Waals surface area contributed by atoms with E-state index in [1.165, 1.54) is 35.2 Å². The minimum Gasteiger partial charge on any atom is -0.484 e. The van der Waals surface area contributed by atoms with E-state index >= 15 is 4.79 Å². The molecule has 0 bridgehead atoms. The first-order valence-electron chi connectivity index (χ1n) is 24.4. The van der Waals surface area contributed by atoms with Gasteiger partial charge in [0.25, 0.3) is 23.6 Å². The van der Waals surface area contributed by atoms with Gasteiger partial charge in [-0.3, -0.25) is 53.1 Å². The quantitative estimate of drug-likeness (QED) is 0.0642. The van der Waals surface area contributed by atoms with Gasteiger partial charge in [-0.05, 0) is 82.4 Å². The lowest BCUT2D eigenvalue weighted by Crippen LogP contribution is -2.61. The summed E-state index contributed by atoms with van der Waals surface area (Å²) in [5.74, 6) is 1.20. The van der Waals surface area contributed by atoms with E-state index in [2.05, 4.69) is 27.8 Å². The predicted molar refractivity (Wildman–Crippen MR) is 273 cm³/mol. The van der Waals surface area contributed by atoms with Crippen LogP contribution in [0.2, 0.25) is 0 Å². The number of amides is 8.